The molecule has 160 valence electrons. The highest BCUT2D eigenvalue weighted by atomic mass is 32.1. The van der Waals surface area contributed by atoms with Crippen molar-refractivity contribution >= 4 is 29.1 Å². The molecule has 0 radical (unpaired) electrons. The molecule has 0 bridgehead atoms. The van der Waals surface area contributed by atoms with Gasteiger partial charge in [0.15, 0.2) is 21.9 Å². The number of fused-ring (bicyclic) bond motifs is 1. The van der Waals surface area contributed by atoms with Gasteiger partial charge >= 0.3 is 0 Å². The molecular formula is C23H24N4O3S. The van der Waals surface area contributed by atoms with Crippen molar-refractivity contribution in [3.05, 3.63) is 64.6 Å². The Hall–Kier alpha value is -3.39. The van der Waals surface area contributed by atoms with E-state index in [-0.39, 0.29) is 18.4 Å². The van der Waals surface area contributed by atoms with E-state index >= 15 is 0 Å². The number of aryl methyl sites for hydroxylation is 1. The van der Waals surface area contributed by atoms with Crippen LogP contribution in [0.1, 0.15) is 30.7 Å². The molecule has 2 aromatic carbocycles. The molecule has 2 aromatic heterocycles. The van der Waals surface area contributed by atoms with E-state index in [1.54, 1.807) is 7.11 Å². The van der Waals surface area contributed by atoms with Gasteiger partial charge in [0.25, 0.3) is 0 Å². The average molecular weight is 437 g/mol. The van der Waals surface area contributed by atoms with Gasteiger partial charge in [-0.1, -0.05) is 35.9 Å². The lowest BCUT2D eigenvalue weighted by atomic mass is 10.1. The number of carbonyl (C=O) groups excluding carboxylic acids is 1. The predicted molar refractivity (Wildman–Crippen MR) is 122 cm³/mol. The number of ether oxygens (including phenoxy) is 1. The zero-order chi connectivity index (χ0) is 22.0. The van der Waals surface area contributed by atoms with E-state index < -0.39 is 0 Å². The third-order valence-corrected chi connectivity index (χ3v) is 5.46. The largest absolute Gasteiger partial charge is 0.493 e. The van der Waals surface area contributed by atoms with Crippen LogP contribution in [0.25, 0.3) is 22.4 Å². The van der Waals surface area contributed by atoms with Crippen LogP contribution in [0.4, 0.5) is 0 Å². The Morgan fingerprint density at radius 1 is 1.29 bits per heavy atom. The maximum absolute atomic E-state index is 12.6. The summed E-state index contributed by atoms with van der Waals surface area (Å²) in [6, 6.07) is 15.4. The molecule has 0 fully saturated rings. The molecule has 0 aliphatic heterocycles. The van der Waals surface area contributed by atoms with Gasteiger partial charge in [0, 0.05) is 23.9 Å². The van der Waals surface area contributed by atoms with Crippen molar-refractivity contribution in [3.63, 3.8) is 0 Å². The summed E-state index contributed by atoms with van der Waals surface area (Å²) in [6.07, 6.45) is 0.264. The van der Waals surface area contributed by atoms with Crippen LogP contribution >= 0.6 is 12.2 Å². The van der Waals surface area contributed by atoms with Crippen molar-refractivity contribution < 1.29 is 13.9 Å². The van der Waals surface area contributed by atoms with Gasteiger partial charge < -0.3 is 14.5 Å². The summed E-state index contributed by atoms with van der Waals surface area (Å²) in [5.41, 5.74) is 2.76. The molecule has 2 heterocycles. The van der Waals surface area contributed by atoms with Crippen molar-refractivity contribution in [1.82, 2.24) is 20.1 Å². The lowest BCUT2D eigenvalue weighted by molar-refractivity contribution is -0.122. The summed E-state index contributed by atoms with van der Waals surface area (Å²) in [5, 5.41) is 11.1. The third-order valence-electron chi connectivity index (χ3n) is 5.15. The first-order chi connectivity index (χ1) is 15.0. The molecule has 0 aliphatic rings. The molecule has 2 N–H and O–H groups in total. The predicted octanol–water partition coefficient (Wildman–Crippen LogP) is 4.94. The van der Waals surface area contributed by atoms with Gasteiger partial charge in [-0.3, -0.25) is 14.5 Å². The van der Waals surface area contributed by atoms with Gasteiger partial charge in [-0.15, -0.1) is 0 Å². The molecule has 0 saturated carbocycles. The summed E-state index contributed by atoms with van der Waals surface area (Å²) in [5.74, 6) is 1.96. The number of aromatic amines is 1. The zero-order valence-electron chi connectivity index (χ0n) is 17.6. The number of hydrogen-bond donors (Lipinski definition) is 2. The lowest BCUT2D eigenvalue weighted by Gasteiger charge is -2.12. The molecule has 1 unspecified atom stereocenters. The van der Waals surface area contributed by atoms with Gasteiger partial charge in [-0.25, -0.2) is 0 Å². The lowest BCUT2D eigenvalue weighted by Crippen LogP contribution is -2.27. The number of para-hydroxylation sites is 1. The standard InChI is InChI=1S/C23H24N4O3S/c1-14-6-4-8-17(12-14)22-25-26-23(31)27(22)11-10-20(28)24-15(2)19-13-16-7-5-9-18(29-3)21(16)30-19/h4-9,12-13,15H,10-11H2,1-3H3,(H,24,28)(H,26,31). The van der Waals surface area contributed by atoms with Gasteiger partial charge in [0.2, 0.25) is 5.91 Å². The zero-order valence-corrected chi connectivity index (χ0v) is 18.5. The van der Waals surface area contributed by atoms with Crippen molar-refractivity contribution in [2.75, 3.05) is 7.11 Å². The summed E-state index contributed by atoms with van der Waals surface area (Å²) in [6.45, 7) is 4.34. The number of furan rings is 1. The number of nitrogens with zero attached hydrogens (tertiary/aromatic N) is 2. The first-order valence-electron chi connectivity index (χ1n) is 10.0. The topological polar surface area (TPSA) is 85.1 Å². The Kier molecular flexibility index (Phi) is 5.90. The van der Waals surface area contributed by atoms with Crippen molar-refractivity contribution in [2.24, 2.45) is 0 Å². The molecule has 0 saturated heterocycles. The van der Waals surface area contributed by atoms with Crippen LogP contribution in [0.3, 0.4) is 0 Å². The maximum Gasteiger partial charge on any atom is 0.222 e. The Labute approximate surface area is 185 Å². The van der Waals surface area contributed by atoms with Crippen LogP contribution < -0.4 is 10.1 Å². The average Bonchev–Trinajstić information content (AvgIpc) is 3.35. The number of benzene rings is 2. The van der Waals surface area contributed by atoms with Crippen molar-refractivity contribution in [3.8, 4) is 17.1 Å². The number of rotatable bonds is 7. The van der Waals surface area contributed by atoms with Crippen LogP contribution in [0, 0.1) is 11.7 Å². The minimum Gasteiger partial charge on any atom is -0.493 e. The second-order valence-corrected chi connectivity index (χ2v) is 7.83. The van der Waals surface area contributed by atoms with Crippen LogP contribution in [-0.4, -0.2) is 27.8 Å². The minimum absolute atomic E-state index is 0.0989. The molecule has 8 heteroatoms. The number of nitrogens with one attached hydrogen (secondary N) is 2. The normalized spacial score (nSPS) is 12.1. The highest BCUT2D eigenvalue weighted by Gasteiger charge is 2.17. The SMILES string of the molecule is COc1cccc2cc(C(C)NC(=O)CCn3c(-c4cccc(C)c4)n[nH]c3=S)oc12. The molecule has 31 heavy (non-hydrogen) atoms. The van der Waals surface area contributed by atoms with E-state index in [4.69, 9.17) is 21.4 Å². The molecule has 4 rings (SSSR count). The summed E-state index contributed by atoms with van der Waals surface area (Å²) in [7, 11) is 1.61. The molecular weight excluding hydrogens is 412 g/mol. The molecule has 4 aromatic rings. The van der Waals surface area contributed by atoms with Crippen molar-refractivity contribution in [2.45, 2.75) is 32.9 Å². The Morgan fingerprint density at radius 3 is 2.87 bits per heavy atom. The molecule has 1 atom stereocenters. The van der Waals surface area contributed by atoms with Gasteiger partial charge in [-0.2, -0.15) is 5.10 Å². The van der Waals surface area contributed by atoms with E-state index in [9.17, 15) is 4.79 Å². The molecule has 0 aliphatic carbocycles. The van der Waals surface area contributed by atoms with E-state index in [1.165, 1.54) is 0 Å². The maximum atomic E-state index is 12.6. The highest BCUT2D eigenvalue weighted by Crippen LogP contribution is 2.30. The van der Waals surface area contributed by atoms with Crippen LogP contribution in [0.2, 0.25) is 0 Å². The minimum atomic E-state index is -0.279. The summed E-state index contributed by atoms with van der Waals surface area (Å²) in [4.78, 5) is 12.6. The number of amides is 1. The fraction of sp³-hybridized carbons (Fsp3) is 0.261. The quantitative estimate of drug-likeness (QED) is 0.401. The number of hydrogen-bond acceptors (Lipinski definition) is 5. The van der Waals surface area contributed by atoms with Crippen LogP contribution in [-0.2, 0) is 11.3 Å². The van der Waals surface area contributed by atoms with E-state index in [1.807, 2.05) is 66.9 Å². The second-order valence-electron chi connectivity index (χ2n) is 7.44. The third kappa shape index (κ3) is 4.39. The molecule has 1 amide bonds. The highest BCUT2D eigenvalue weighted by molar-refractivity contribution is 7.71. The summed E-state index contributed by atoms with van der Waals surface area (Å²) < 4.78 is 13.6. The fourth-order valence-corrected chi connectivity index (χ4v) is 3.78. The van der Waals surface area contributed by atoms with Crippen LogP contribution in [0.5, 0.6) is 5.75 Å². The fourth-order valence-electron chi connectivity index (χ4n) is 3.56. The number of H-pyrrole nitrogens is 1. The Bertz CT molecular complexity index is 1290. The Balaban J connectivity index is 1.44. The van der Waals surface area contributed by atoms with E-state index in [0.717, 1.165) is 22.3 Å². The van der Waals surface area contributed by atoms with Crippen molar-refractivity contribution in [1.29, 1.82) is 0 Å². The monoisotopic (exact) mass is 436 g/mol. The number of aromatic nitrogens is 3. The molecule has 0 spiro atoms. The van der Waals surface area contributed by atoms with E-state index in [0.29, 0.717) is 28.4 Å². The first kappa shape index (κ1) is 20.9. The van der Waals surface area contributed by atoms with Crippen LogP contribution in [0.15, 0.2) is 52.9 Å². The smallest absolute Gasteiger partial charge is 0.222 e. The number of carbonyl (C=O) groups is 1. The van der Waals surface area contributed by atoms with E-state index in [2.05, 4.69) is 15.5 Å². The van der Waals surface area contributed by atoms with Gasteiger partial charge in [0.05, 0.1) is 13.2 Å². The summed E-state index contributed by atoms with van der Waals surface area (Å²) >= 11 is 5.37. The number of methoxy groups -OCH3 is 1. The second kappa shape index (κ2) is 8.77. The van der Waals surface area contributed by atoms with Gasteiger partial charge in [0.1, 0.15) is 5.76 Å². The Morgan fingerprint density at radius 2 is 2.10 bits per heavy atom. The first-order valence-corrected chi connectivity index (χ1v) is 10.4. The van der Waals surface area contributed by atoms with Gasteiger partial charge in [-0.05, 0) is 44.3 Å². The molecule has 7 nitrogen and oxygen atoms in total.